The van der Waals surface area contributed by atoms with E-state index in [4.69, 9.17) is 9.47 Å². The highest BCUT2D eigenvalue weighted by Gasteiger charge is 2.37. The number of likely N-dealkylation sites (tertiary alicyclic amines) is 1. The van der Waals surface area contributed by atoms with Gasteiger partial charge in [-0.15, -0.1) is 0 Å². The summed E-state index contributed by atoms with van der Waals surface area (Å²) in [6.07, 6.45) is 1.39. The molecule has 2 unspecified atom stereocenters. The van der Waals surface area contributed by atoms with Gasteiger partial charge < -0.3 is 20.1 Å². The molecule has 46 heavy (non-hydrogen) atoms. The third kappa shape index (κ3) is 9.79. The van der Waals surface area contributed by atoms with Crippen LogP contribution in [0.5, 0.6) is 0 Å². The number of carbonyl (C=O) groups is 4. The van der Waals surface area contributed by atoms with Crippen LogP contribution < -0.4 is 10.6 Å². The van der Waals surface area contributed by atoms with Gasteiger partial charge in [-0.3, -0.25) is 19.3 Å². The van der Waals surface area contributed by atoms with Crippen molar-refractivity contribution in [2.45, 2.75) is 95.4 Å². The number of esters is 1. The molecule has 3 rings (SSSR count). The minimum atomic E-state index is -1.29. The van der Waals surface area contributed by atoms with E-state index in [-0.39, 0.29) is 5.56 Å². The molecule has 0 aromatic heterocycles. The van der Waals surface area contributed by atoms with Gasteiger partial charge in [-0.1, -0.05) is 49.9 Å². The molecule has 2 N–H and O–H groups in total. The molecule has 252 valence electrons. The first kappa shape index (κ1) is 37.0. The number of ether oxygens (including phenoxy) is 2. The largest absolute Gasteiger partial charge is 0.469 e. The van der Waals surface area contributed by atoms with Gasteiger partial charge in [0.15, 0.2) is 15.7 Å². The molecule has 1 heterocycles. The van der Waals surface area contributed by atoms with Crippen LogP contribution in [0.15, 0.2) is 30.3 Å². The van der Waals surface area contributed by atoms with Gasteiger partial charge in [-0.25, -0.2) is 13.6 Å². The average molecular weight is 756 g/mol. The summed E-state index contributed by atoms with van der Waals surface area (Å²) < 4.78 is 41.8. The fourth-order valence-electron chi connectivity index (χ4n) is 5.31. The number of halogens is 3. The van der Waals surface area contributed by atoms with Gasteiger partial charge in [0.05, 0.1) is 19.6 Å². The number of nitrogens with one attached hydrogen (secondary N) is 2. The number of amides is 3. The Hall–Kier alpha value is -3.42. The molecule has 0 radical (unpaired) electrons. The first-order chi connectivity index (χ1) is 21.7. The molecule has 9 nitrogen and oxygen atoms in total. The van der Waals surface area contributed by atoms with Gasteiger partial charge in [-0.05, 0) is 94.7 Å². The number of rotatable bonds is 10. The predicted molar refractivity (Wildman–Crippen MR) is 182 cm³/mol. The quantitative estimate of drug-likeness (QED) is 0.126. The smallest absolute Gasteiger partial charge is 0.410 e. The normalized spacial score (nSPS) is 16.6. The molecule has 1 saturated heterocycles. The van der Waals surface area contributed by atoms with Crippen molar-refractivity contribution in [1.82, 2.24) is 15.5 Å². The van der Waals surface area contributed by atoms with Gasteiger partial charge in [0.2, 0.25) is 5.91 Å². The van der Waals surface area contributed by atoms with E-state index in [0.29, 0.717) is 43.4 Å². The van der Waals surface area contributed by atoms with E-state index in [1.54, 1.807) is 20.8 Å². The van der Waals surface area contributed by atoms with Crippen molar-refractivity contribution in [3.8, 4) is 11.1 Å². The number of nitrogens with zero attached hydrogens (tertiary/aromatic N) is 1. The van der Waals surface area contributed by atoms with Crippen LogP contribution >= 0.6 is 20.7 Å². The zero-order valence-corrected chi connectivity index (χ0v) is 29.6. The van der Waals surface area contributed by atoms with E-state index in [2.05, 4.69) is 10.6 Å². The molecule has 0 spiro atoms. The zero-order chi connectivity index (χ0) is 34.2. The lowest BCUT2D eigenvalue weighted by atomic mass is 9.92. The SMILES string of the molecule is CCC=IC(NC(=O)C1CCCCN1C(=O)OC(C)(C)C)C(=O)N[C@@H](CC(=O)OC)c1cc(-c2c(C)cccc2C)cc(F)c1F. The van der Waals surface area contributed by atoms with Crippen LogP contribution in [0.25, 0.3) is 11.1 Å². The number of benzene rings is 2. The van der Waals surface area contributed by atoms with Crippen LogP contribution in [-0.4, -0.2) is 62.1 Å². The van der Waals surface area contributed by atoms with E-state index in [0.717, 1.165) is 24.3 Å². The molecule has 2 aromatic rings. The van der Waals surface area contributed by atoms with Gasteiger partial charge in [-0.2, -0.15) is 0 Å². The number of piperidine rings is 1. The van der Waals surface area contributed by atoms with Crippen LogP contribution in [0.3, 0.4) is 0 Å². The van der Waals surface area contributed by atoms with Crippen molar-refractivity contribution in [3.05, 3.63) is 58.7 Å². The van der Waals surface area contributed by atoms with Crippen LogP contribution in [0.2, 0.25) is 0 Å². The molecule has 1 aliphatic heterocycles. The van der Waals surface area contributed by atoms with Crippen LogP contribution in [0.4, 0.5) is 13.6 Å². The molecular weight excluding hydrogens is 711 g/mol. The highest BCUT2D eigenvalue weighted by atomic mass is 127. The maximum Gasteiger partial charge on any atom is 0.410 e. The molecule has 1 fully saturated rings. The molecule has 0 bridgehead atoms. The Morgan fingerprint density at radius 2 is 1.76 bits per heavy atom. The monoisotopic (exact) mass is 755 g/mol. The first-order valence-corrected chi connectivity index (χ1v) is 17.8. The predicted octanol–water partition coefficient (Wildman–Crippen LogP) is 6.38. The lowest BCUT2D eigenvalue weighted by Gasteiger charge is -2.36. The van der Waals surface area contributed by atoms with Gasteiger partial charge >= 0.3 is 12.1 Å². The van der Waals surface area contributed by atoms with E-state index in [1.165, 1.54) is 11.0 Å². The molecule has 1 aliphatic rings. The second-order valence-electron chi connectivity index (χ2n) is 12.2. The van der Waals surface area contributed by atoms with Crippen molar-refractivity contribution in [2.24, 2.45) is 0 Å². The molecule has 3 amide bonds. The Kier molecular flexibility index (Phi) is 13.2. The molecule has 3 atom stereocenters. The Labute approximate surface area is 279 Å². The third-order valence-electron chi connectivity index (χ3n) is 7.42. The highest BCUT2D eigenvalue weighted by Crippen LogP contribution is 2.33. The summed E-state index contributed by atoms with van der Waals surface area (Å²) in [5.74, 6) is -4.23. The fraction of sp³-hybridized carbons (Fsp3) is 0.500. The number of methoxy groups -OCH3 is 1. The lowest BCUT2D eigenvalue weighted by Crippen LogP contribution is -2.56. The van der Waals surface area contributed by atoms with Crippen LogP contribution in [-0.2, 0) is 23.9 Å². The number of hydrogen-bond acceptors (Lipinski definition) is 6. The average Bonchev–Trinajstić information content (AvgIpc) is 2.99. The zero-order valence-electron chi connectivity index (χ0n) is 27.5. The van der Waals surface area contributed by atoms with Crippen molar-refractivity contribution in [1.29, 1.82) is 0 Å². The highest BCUT2D eigenvalue weighted by molar-refractivity contribution is 14.2. The summed E-state index contributed by atoms with van der Waals surface area (Å²) in [6, 6.07) is 5.97. The Bertz CT molecular complexity index is 1460. The topological polar surface area (TPSA) is 114 Å². The van der Waals surface area contributed by atoms with Crippen LogP contribution in [0, 0.1) is 25.5 Å². The van der Waals surface area contributed by atoms with E-state index >= 15 is 8.78 Å². The second-order valence-corrected chi connectivity index (χ2v) is 15.1. The first-order valence-electron chi connectivity index (χ1n) is 15.3. The number of aryl methyl sites for hydroxylation is 2. The molecule has 0 aliphatic carbocycles. The molecule has 12 heteroatoms. The molecular formula is C34H44F2IN3O6. The Balaban J connectivity index is 1.95. The van der Waals surface area contributed by atoms with Gasteiger partial charge in [0.25, 0.3) is 5.91 Å². The number of alkyl halides is 1. The minimum Gasteiger partial charge on any atom is -0.469 e. The van der Waals surface area contributed by atoms with E-state index < -0.39 is 84.4 Å². The summed E-state index contributed by atoms with van der Waals surface area (Å²) in [5, 5.41) is 5.50. The summed E-state index contributed by atoms with van der Waals surface area (Å²) in [5.41, 5.74) is 1.82. The minimum absolute atomic E-state index is 0.220. The standard InChI is InChI=1S/C34H44F2IN3O6/c1-8-15-37-30(39-31(42)26-14-9-10-16-40(26)33(44)46-34(4,5)6)32(43)38-25(19-27(41)45-7)23-17-22(18-24(35)29(23)36)28-20(2)12-11-13-21(28)3/h11-13,15,17-18,25-26,30H,8-10,14,16,19H2,1-7H3,(H,38,43)(H,39,42)/t25-,26?,30?/m0/s1. The maximum absolute atomic E-state index is 15.4. The summed E-state index contributed by atoms with van der Waals surface area (Å²) in [6.45, 7) is 11.2. The summed E-state index contributed by atoms with van der Waals surface area (Å²) in [4.78, 5) is 54.1. The molecule has 2 aromatic carbocycles. The third-order valence-corrected chi connectivity index (χ3v) is 10.4. The van der Waals surface area contributed by atoms with E-state index in [9.17, 15) is 19.2 Å². The summed E-state index contributed by atoms with van der Waals surface area (Å²) >= 11 is -1.07. The number of carbonyl (C=O) groups excluding carboxylic acids is 4. The maximum atomic E-state index is 15.4. The Morgan fingerprint density at radius 1 is 1.09 bits per heavy atom. The van der Waals surface area contributed by atoms with Gasteiger partial charge in [0.1, 0.15) is 11.6 Å². The number of hydrogen-bond donors (Lipinski definition) is 2. The van der Waals surface area contributed by atoms with Gasteiger partial charge in [0, 0.05) is 12.1 Å². The van der Waals surface area contributed by atoms with Crippen molar-refractivity contribution >= 4 is 48.6 Å². The Morgan fingerprint density at radius 3 is 2.37 bits per heavy atom. The van der Waals surface area contributed by atoms with Crippen molar-refractivity contribution in [2.75, 3.05) is 13.7 Å². The van der Waals surface area contributed by atoms with Crippen LogP contribution in [0.1, 0.15) is 82.5 Å². The van der Waals surface area contributed by atoms with E-state index in [1.807, 2.05) is 43.0 Å². The molecule has 0 saturated carbocycles. The fourth-order valence-corrected chi connectivity index (χ4v) is 7.32. The van der Waals surface area contributed by atoms with Crippen molar-refractivity contribution in [3.63, 3.8) is 0 Å². The lowest BCUT2D eigenvalue weighted by molar-refractivity contribution is -0.141. The second kappa shape index (κ2) is 16.4. The van der Waals surface area contributed by atoms with Crippen molar-refractivity contribution < 1.29 is 37.4 Å². The summed E-state index contributed by atoms with van der Waals surface area (Å²) in [7, 11) is 1.16.